The van der Waals surface area contributed by atoms with Crippen molar-refractivity contribution in [3.8, 4) is 0 Å². The number of carboxylic acid groups (broad SMARTS) is 1. The molecule has 0 bridgehead atoms. The minimum absolute atomic E-state index is 0.117. The van der Waals surface area contributed by atoms with Crippen LogP contribution >= 0.6 is 0 Å². The van der Waals surface area contributed by atoms with Gasteiger partial charge in [-0.25, -0.2) is 0 Å². The molecule has 6 heteroatoms. The molecule has 6 nitrogen and oxygen atoms in total. The van der Waals surface area contributed by atoms with Crippen LogP contribution in [0.15, 0.2) is 24.3 Å². The van der Waals surface area contributed by atoms with E-state index in [9.17, 15) is 14.4 Å². The largest absolute Gasteiger partial charge is 0.481 e. The van der Waals surface area contributed by atoms with Crippen molar-refractivity contribution >= 4 is 17.8 Å². The summed E-state index contributed by atoms with van der Waals surface area (Å²) in [5, 5.41) is 14.8. The lowest BCUT2D eigenvalue weighted by molar-refractivity contribution is -0.138. The molecule has 0 aliphatic carbocycles. The third-order valence-electron chi connectivity index (χ3n) is 8.95. The fraction of sp³-hybridized carbons (Fsp3) is 0.829. The summed E-state index contributed by atoms with van der Waals surface area (Å²) in [6.07, 6.45) is 42.7. The summed E-state index contributed by atoms with van der Waals surface area (Å²) < 4.78 is 0. The Kier molecular flexibility index (Phi) is 35.1. The van der Waals surface area contributed by atoms with Crippen LogP contribution in [0.5, 0.6) is 0 Å². The van der Waals surface area contributed by atoms with E-state index in [1.807, 2.05) is 0 Å². The van der Waals surface area contributed by atoms with Crippen molar-refractivity contribution in [1.29, 1.82) is 0 Å². The molecular formula is C41H76N2O4. The molecule has 0 aromatic heterocycles. The van der Waals surface area contributed by atoms with Crippen LogP contribution < -0.4 is 10.6 Å². The summed E-state index contributed by atoms with van der Waals surface area (Å²) in [6, 6.07) is -0.783. The van der Waals surface area contributed by atoms with Crippen LogP contribution in [0, 0.1) is 0 Å². The molecule has 0 aliphatic heterocycles. The van der Waals surface area contributed by atoms with E-state index in [0.717, 1.165) is 51.4 Å². The molecule has 0 aliphatic rings. The fourth-order valence-electron chi connectivity index (χ4n) is 5.87. The van der Waals surface area contributed by atoms with Crippen LogP contribution in [-0.4, -0.2) is 35.5 Å². The number of allylic oxidation sites excluding steroid dienone is 4. The van der Waals surface area contributed by atoms with Gasteiger partial charge in [0.05, 0.1) is 0 Å². The zero-order chi connectivity index (χ0) is 34.5. The topological polar surface area (TPSA) is 95.5 Å². The van der Waals surface area contributed by atoms with E-state index in [4.69, 9.17) is 5.11 Å². The first-order valence-electron chi connectivity index (χ1n) is 20.1. The quantitative estimate of drug-likeness (QED) is 0.0460. The number of nitrogens with one attached hydrogen (secondary N) is 2. The van der Waals surface area contributed by atoms with Gasteiger partial charge in [-0.1, -0.05) is 147 Å². The second kappa shape index (κ2) is 36.7. The summed E-state index contributed by atoms with van der Waals surface area (Å²) in [5.74, 6) is -1.39. The van der Waals surface area contributed by atoms with Crippen LogP contribution in [0.4, 0.5) is 0 Å². The Morgan fingerprint density at radius 2 is 0.894 bits per heavy atom. The van der Waals surface area contributed by atoms with E-state index in [0.29, 0.717) is 13.0 Å². The molecule has 1 unspecified atom stereocenters. The number of unbranched alkanes of at least 4 members (excludes halogenated alkanes) is 23. The molecule has 0 spiro atoms. The summed E-state index contributed by atoms with van der Waals surface area (Å²) in [5.41, 5.74) is 0. The van der Waals surface area contributed by atoms with Gasteiger partial charge in [0.25, 0.3) is 0 Å². The van der Waals surface area contributed by atoms with Gasteiger partial charge in [0.2, 0.25) is 11.8 Å². The molecule has 0 rings (SSSR count). The Labute approximate surface area is 290 Å². The van der Waals surface area contributed by atoms with Crippen molar-refractivity contribution in [2.75, 3.05) is 6.54 Å². The molecule has 0 saturated heterocycles. The van der Waals surface area contributed by atoms with Gasteiger partial charge >= 0.3 is 5.97 Å². The minimum Gasteiger partial charge on any atom is -0.481 e. The van der Waals surface area contributed by atoms with Gasteiger partial charge in [-0.2, -0.15) is 0 Å². The highest BCUT2D eigenvalue weighted by Crippen LogP contribution is 2.12. The first-order chi connectivity index (χ1) is 23.0. The molecule has 0 heterocycles. The molecule has 0 fully saturated rings. The van der Waals surface area contributed by atoms with Gasteiger partial charge in [0, 0.05) is 19.4 Å². The lowest BCUT2D eigenvalue weighted by Gasteiger charge is -2.18. The molecule has 3 N–H and O–H groups in total. The molecule has 0 aromatic rings. The summed E-state index contributed by atoms with van der Waals surface area (Å²) in [6.45, 7) is 5.08. The van der Waals surface area contributed by atoms with Crippen LogP contribution in [0.2, 0.25) is 0 Å². The van der Waals surface area contributed by atoms with Gasteiger partial charge in [-0.3, -0.25) is 14.4 Å². The highest BCUT2D eigenvalue weighted by Gasteiger charge is 2.21. The van der Waals surface area contributed by atoms with Crippen molar-refractivity contribution < 1.29 is 19.5 Å². The van der Waals surface area contributed by atoms with E-state index in [-0.39, 0.29) is 24.7 Å². The molecule has 0 radical (unpaired) electrons. The highest BCUT2D eigenvalue weighted by molar-refractivity contribution is 5.87. The SMILES string of the molecule is CCCCCCCCC=CCCCCCCCC(=O)NC(CCC(=O)O)C(=O)NCCCCCCCC=CCCCCCCCCC. The summed E-state index contributed by atoms with van der Waals surface area (Å²) in [4.78, 5) is 36.4. The Morgan fingerprint density at radius 3 is 1.32 bits per heavy atom. The van der Waals surface area contributed by atoms with Crippen LogP contribution in [-0.2, 0) is 14.4 Å². The maximum atomic E-state index is 12.7. The monoisotopic (exact) mass is 661 g/mol. The zero-order valence-electron chi connectivity index (χ0n) is 31.0. The molecule has 47 heavy (non-hydrogen) atoms. The number of carbonyl (C=O) groups excluding carboxylic acids is 2. The molecule has 1 atom stereocenters. The van der Waals surface area contributed by atoms with Gasteiger partial charge < -0.3 is 15.7 Å². The Hall–Kier alpha value is -2.11. The predicted molar refractivity (Wildman–Crippen MR) is 201 cm³/mol. The maximum absolute atomic E-state index is 12.7. The van der Waals surface area contributed by atoms with Crippen molar-refractivity contribution in [2.24, 2.45) is 0 Å². The lowest BCUT2D eigenvalue weighted by atomic mass is 10.1. The summed E-state index contributed by atoms with van der Waals surface area (Å²) >= 11 is 0. The third-order valence-corrected chi connectivity index (χ3v) is 8.95. The van der Waals surface area contributed by atoms with Crippen LogP contribution in [0.1, 0.15) is 206 Å². The van der Waals surface area contributed by atoms with Crippen LogP contribution in [0.3, 0.4) is 0 Å². The number of carboxylic acids is 1. The number of aliphatic carboxylic acids is 1. The van der Waals surface area contributed by atoms with E-state index in [1.165, 1.54) is 122 Å². The fourth-order valence-corrected chi connectivity index (χ4v) is 5.87. The van der Waals surface area contributed by atoms with Crippen molar-refractivity contribution in [1.82, 2.24) is 10.6 Å². The van der Waals surface area contributed by atoms with E-state index >= 15 is 0 Å². The van der Waals surface area contributed by atoms with E-state index < -0.39 is 12.0 Å². The molecule has 2 amide bonds. The first kappa shape index (κ1) is 44.9. The number of amides is 2. The zero-order valence-corrected chi connectivity index (χ0v) is 31.0. The second-order valence-electron chi connectivity index (χ2n) is 13.6. The van der Waals surface area contributed by atoms with Crippen molar-refractivity contribution in [3.05, 3.63) is 24.3 Å². The standard InChI is InChI=1S/C41H76N2O4/c1-3-5-7-9-11-13-15-17-19-21-23-25-27-29-31-33-37-42-41(47)38(35-36-40(45)46)43-39(44)34-32-30-28-26-24-22-20-18-16-14-12-10-8-6-4-2/h18-21,38H,3-17,22-37H2,1-2H3,(H,42,47)(H,43,44)(H,45,46). The minimum atomic E-state index is -0.957. The average molecular weight is 661 g/mol. The van der Waals surface area contributed by atoms with Crippen molar-refractivity contribution in [3.63, 3.8) is 0 Å². The Balaban J connectivity index is 3.88. The van der Waals surface area contributed by atoms with Gasteiger partial charge in [0.1, 0.15) is 6.04 Å². The molecule has 274 valence electrons. The van der Waals surface area contributed by atoms with Gasteiger partial charge in [-0.05, 0) is 70.6 Å². The average Bonchev–Trinajstić information content (AvgIpc) is 3.06. The van der Waals surface area contributed by atoms with Crippen LogP contribution in [0.25, 0.3) is 0 Å². The first-order valence-corrected chi connectivity index (χ1v) is 20.1. The summed E-state index contributed by atoms with van der Waals surface area (Å²) in [7, 11) is 0. The number of hydrogen-bond donors (Lipinski definition) is 3. The third kappa shape index (κ3) is 35.0. The van der Waals surface area contributed by atoms with Crippen molar-refractivity contribution in [2.45, 2.75) is 213 Å². The number of hydrogen-bond acceptors (Lipinski definition) is 3. The molecular weight excluding hydrogens is 584 g/mol. The number of rotatable bonds is 36. The van der Waals surface area contributed by atoms with Gasteiger partial charge in [0.15, 0.2) is 0 Å². The second-order valence-corrected chi connectivity index (χ2v) is 13.6. The maximum Gasteiger partial charge on any atom is 0.303 e. The number of carbonyl (C=O) groups is 3. The normalized spacial score (nSPS) is 12.2. The van der Waals surface area contributed by atoms with E-state index in [1.54, 1.807) is 0 Å². The molecule has 0 saturated carbocycles. The van der Waals surface area contributed by atoms with E-state index in [2.05, 4.69) is 48.8 Å². The predicted octanol–water partition coefficient (Wildman–Crippen LogP) is 11.5. The molecule has 0 aromatic carbocycles. The Morgan fingerprint density at radius 1 is 0.511 bits per heavy atom. The Bertz CT molecular complexity index is 779. The smallest absolute Gasteiger partial charge is 0.303 e. The lowest BCUT2D eigenvalue weighted by Crippen LogP contribution is -2.47. The van der Waals surface area contributed by atoms with Gasteiger partial charge in [-0.15, -0.1) is 0 Å². The highest BCUT2D eigenvalue weighted by atomic mass is 16.4.